The molecule has 0 saturated heterocycles. The van der Waals surface area contributed by atoms with Gasteiger partial charge >= 0.3 is 0 Å². The van der Waals surface area contributed by atoms with Crippen LogP contribution in [0, 0.1) is 0 Å². The summed E-state index contributed by atoms with van der Waals surface area (Å²) in [6.45, 7) is 4.19. The van der Waals surface area contributed by atoms with Crippen LogP contribution in [0.1, 0.15) is 29.2 Å². The van der Waals surface area contributed by atoms with E-state index in [1.54, 1.807) is 0 Å². The fraction of sp³-hybridized carbons (Fsp3) is 0.389. The predicted octanol–water partition coefficient (Wildman–Crippen LogP) is 3.52. The Kier molecular flexibility index (Phi) is 3.03. The average Bonchev–Trinajstić information content (AvgIpc) is 3.23. The minimum atomic E-state index is 0.810. The molecule has 0 saturated carbocycles. The van der Waals surface area contributed by atoms with Gasteiger partial charge in [0.05, 0.1) is 5.69 Å². The van der Waals surface area contributed by atoms with E-state index in [9.17, 15) is 0 Å². The van der Waals surface area contributed by atoms with Gasteiger partial charge in [-0.15, -0.1) is 0 Å². The molecule has 2 aliphatic heterocycles. The number of aromatic amines is 1. The molecule has 0 fully saturated rings. The molecule has 2 aliphatic rings. The molecule has 0 spiro atoms. The van der Waals surface area contributed by atoms with Crippen molar-refractivity contribution in [1.29, 1.82) is 0 Å². The van der Waals surface area contributed by atoms with Crippen LogP contribution in [0.5, 0.6) is 0 Å². The van der Waals surface area contributed by atoms with Gasteiger partial charge in [-0.05, 0) is 30.2 Å². The maximum atomic E-state index is 6.19. The molecule has 1 N–H and O–H groups in total. The molecule has 4 heterocycles. The number of nitrogens with zero attached hydrogens (tertiary/aromatic N) is 3. The van der Waals surface area contributed by atoms with Gasteiger partial charge in [-0.25, -0.2) is 4.98 Å². The number of hydrogen-bond acceptors (Lipinski definition) is 2. The lowest BCUT2D eigenvalue weighted by Gasteiger charge is -2.27. The van der Waals surface area contributed by atoms with E-state index in [2.05, 4.69) is 37.8 Å². The second-order valence-corrected chi connectivity index (χ2v) is 7.09. The van der Waals surface area contributed by atoms with E-state index < -0.39 is 0 Å². The second kappa shape index (κ2) is 5.11. The molecule has 118 valence electrons. The summed E-state index contributed by atoms with van der Waals surface area (Å²) in [4.78, 5) is 10.7. The first-order valence-electron chi connectivity index (χ1n) is 8.32. The molecule has 3 aromatic rings. The first kappa shape index (κ1) is 13.6. The molecule has 0 amide bonds. The summed E-state index contributed by atoms with van der Waals surface area (Å²) in [5, 5.41) is 2.08. The smallest absolute Gasteiger partial charge is 0.108 e. The van der Waals surface area contributed by atoms with Gasteiger partial charge in [0.2, 0.25) is 0 Å². The van der Waals surface area contributed by atoms with Crippen molar-refractivity contribution in [2.24, 2.45) is 0 Å². The van der Waals surface area contributed by atoms with Gasteiger partial charge in [0.25, 0.3) is 0 Å². The van der Waals surface area contributed by atoms with Crippen molar-refractivity contribution >= 4 is 22.5 Å². The van der Waals surface area contributed by atoms with Crippen LogP contribution in [-0.4, -0.2) is 26.0 Å². The number of aromatic nitrogens is 3. The highest BCUT2D eigenvalue weighted by Gasteiger charge is 2.23. The van der Waals surface area contributed by atoms with E-state index in [0.717, 1.165) is 44.0 Å². The predicted molar refractivity (Wildman–Crippen MR) is 91.7 cm³/mol. The lowest BCUT2D eigenvalue weighted by Crippen LogP contribution is -2.30. The first-order chi connectivity index (χ1) is 11.3. The standard InChI is InChI=1S/C18H19ClN4/c19-12-3-4-16-14(8-12)15-11-22(7-5-17(15)21-16)10-13-9-20-18-2-1-6-23(13)18/h3-4,8-9,21H,1-2,5-7,10-11H2. The van der Waals surface area contributed by atoms with E-state index in [4.69, 9.17) is 11.6 Å². The molecule has 0 aliphatic carbocycles. The quantitative estimate of drug-likeness (QED) is 0.782. The molecule has 1 aromatic carbocycles. The zero-order valence-corrected chi connectivity index (χ0v) is 13.7. The van der Waals surface area contributed by atoms with E-state index in [0.29, 0.717) is 0 Å². The number of nitrogens with one attached hydrogen (secondary N) is 1. The summed E-state index contributed by atoms with van der Waals surface area (Å²) < 4.78 is 2.40. The molecular weight excluding hydrogens is 308 g/mol. The maximum absolute atomic E-state index is 6.19. The lowest BCUT2D eigenvalue weighted by molar-refractivity contribution is 0.239. The molecule has 0 bridgehead atoms. The highest BCUT2D eigenvalue weighted by Crippen LogP contribution is 2.30. The first-order valence-corrected chi connectivity index (χ1v) is 8.70. The number of rotatable bonds is 2. The Morgan fingerprint density at radius 1 is 1.22 bits per heavy atom. The monoisotopic (exact) mass is 326 g/mol. The van der Waals surface area contributed by atoms with Gasteiger partial charge in [0.15, 0.2) is 0 Å². The molecule has 0 radical (unpaired) electrons. The van der Waals surface area contributed by atoms with E-state index in [-0.39, 0.29) is 0 Å². The molecule has 5 heteroatoms. The van der Waals surface area contributed by atoms with Crippen LogP contribution >= 0.6 is 11.6 Å². The zero-order valence-electron chi connectivity index (χ0n) is 13.0. The molecule has 4 nitrogen and oxygen atoms in total. The van der Waals surface area contributed by atoms with Crippen molar-refractivity contribution in [3.8, 4) is 0 Å². The summed E-state index contributed by atoms with van der Waals surface area (Å²) in [6.07, 6.45) is 5.51. The molecule has 2 aromatic heterocycles. The Hall–Kier alpha value is -1.78. The molecule has 5 rings (SSSR count). The van der Waals surface area contributed by atoms with Crippen molar-refractivity contribution in [3.05, 3.63) is 52.2 Å². The molecule has 0 unspecified atom stereocenters. The SMILES string of the molecule is Clc1ccc2[nH]c3c(c2c1)CN(Cc1cnc2n1CCC2)CC3. The highest BCUT2D eigenvalue weighted by atomic mass is 35.5. The fourth-order valence-electron chi connectivity index (χ4n) is 4.05. The summed E-state index contributed by atoms with van der Waals surface area (Å²) >= 11 is 6.19. The zero-order chi connectivity index (χ0) is 15.4. The van der Waals surface area contributed by atoms with Gasteiger partial charge in [0.1, 0.15) is 5.82 Å². The number of H-pyrrole nitrogens is 1. The van der Waals surface area contributed by atoms with Crippen LogP contribution in [0.2, 0.25) is 5.02 Å². The summed E-state index contributed by atoms with van der Waals surface area (Å²) in [7, 11) is 0. The summed E-state index contributed by atoms with van der Waals surface area (Å²) in [5.41, 5.74) is 5.34. The van der Waals surface area contributed by atoms with Crippen LogP contribution in [0.25, 0.3) is 10.9 Å². The number of imidazole rings is 1. The minimum absolute atomic E-state index is 0.810. The Labute approximate surface area is 140 Å². The van der Waals surface area contributed by atoms with Crippen LogP contribution in [0.15, 0.2) is 24.4 Å². The lowest BCUT2D eigenvalue weighted by atomic mass is 10.0. The van der Waals surface area contributed by atoms with Gasteiger partial charge in [-0.3, -0.25) is 4.90 Å². The third kappa shape index (κ3) is 2.20. The Balaban J connectivity index is 1.45. The minimum Gasteiger partial charge on any atom is -0.358 e. The third-order valence-electron chi connectivity index (χ3n) is 5.20. The maximum Gasteiger partial charge on any atom is 0.108 e. The highest BCUT2D eigenvalue weighted by molar-refractivity contribution is 6.31. The normalized spacial score (nSPS) is 17.6. The van der Waals surface area contributed by atoms with Gasteiger partial charge in [-0.2, -0.15) is 0 Å². The van der Waals surface area contributed by atoms with Gasteiger partial charge < -0.3 is 9.55 Å². The number of benzene rings is 1. The Bertz CT molecular complexity index is 892. The molecule has 0 atom stereocenters. The average molecular weight is 327 g/mol. The number of halogens is 1. The van der Waals surface area contributed by atoms with Crippen molar-refractivity contribution in [2.45, 2.75) is 38.9 Å². The fourth-order valence-corrected chi connectivity index (χ4v) is 4.23. The van der Waals surface area contributed by atoms with Crippen molar-refractivity contribution in [1.82, 2.24) is 19.4 Å². The van der Waals surface area contributed by atoms with Gasteiger partial charge in [-0.1, -0.05) is 11.6 Å². The second-order valence-electron chi connectivity index (χ2n) is 6.65. The summed E-state index contributed by atoms with van der Waals surface area (Å²) in [5.74, 6) is 1.26. The van der Waals surface area contributed by atoms with Crippen LogP contribution in [0.4, 0.5) is 0 Å². The number of aryl methyl sites for hydroxylation is 1. The number of hydrogen-bond donors (Lipinski definition) is 1. The van der Waals surface area contributed by atoms with E-state index in [1.807, 2.05) is 6.07 Å². The van der Waals surface area contributed by atoms with Crippen LogP contribution in [0.3, 0.4) is 0 Å². The van der Waals surface area contributed by atoms with Crippen molar-refractivity contribution < 1.29 is 0 Å². The topological polar surface area (TPSA) is 36.9 Å². The van der Waals surface area contributed by atoms with Gasteiger partial charge in [0, 0.05) is 66.8 Å². The Morgan fingerprint density at radius 3 is 3.13 bits per heavy atom. The van der Waals surface area contributed by atoms with Crippen LogP contribution in [-0.2, 0) is 32.5 Å². The number of fused-ring (bicyclic) bond motifs is 4. The van der Waals surface area contributed by atoms with Crippen molar-refractivity contribution in [3.63, 3.8) is 0 Å². The molecular formula is C18H19ClN4. The van der Waals surface area contributed by atoms with E-state index in [1.165, 1.54) is 40.1 Å². The van der Waals surface area contributed by atoms with Crippen molar-refractivity contribution in [2.75, 3.05) is 6.54 Å². The third-order valence-corrected chi connectivity index (χ3v) is 5.44. The largest absolute Gasteiger partial charge is 0.358 e. The summed E-state index contributed by atoms with van der Waals surface area (Å²) in [6, 6.07) is 6.13. The van der Waals surface area contributed by atoms with E-state index >= 15 is 0 Å². The van der Waals surface area contributed by atoms with Crippen LogP contribution < -0.4 is 0 Å². The Morgan fingerprint density at radius 2 is 2.17 bits per heavy atom. The molecule has 23 heavy (non-hydrogen) atoms.